The Balaban J connectivity index is 1.37. The maximum absolute atomic E-state index is 13.2. The Morgan fingerprint density at radius 3 is 2.47 bits per heavy atom. The van der Waals surface area contributed by atoms with Gasteiger partial charge in [0.05, 0.1) is 12.3 Å². The number of carbonyl (C=O) groups excluding carboxylic acids is 2. The summed E-state index contributed by atoms with van der Waals surface area (Å²) in [5.41, 5.74) is 2.27. The average molecular weight is 485 g/mol. The lowest BCUT2D eigenvalue weighted by molar-refractivity contribution is -0.136. The first-order valence-corrected chi connectivity index (χ1v) is 11.4. The summed E-state index contributed by atoms with van der Waals surface area (Å²) in [5.74, 6) is -1.04. The van der Waals surface area contributed by atoms with E-state index >= 15 is 0 Å². The lowest BCUT2D eigenvalue weighted by Crippen LogP contribution is -2.50. The lowest BCUT2D eigenvalue weighted by atomic mass is 10.1. The molecule has 1 aliphatic heterocycles. The third-order valence-corrected chi connectivity index (χ3v) is 6.16. The maximum Gasteiger partial charge on any atom is 0.313 e. The largest absolute Gasteiger partial charge is 0.468 e. The molecule has 7 nitrogen and oxygen atoms in total. The molecule has 0 aliphatic carbocycles. The molecular weight excluding hydrogens is 459 g/mol. The van der Waals surface area contributed by atoms with Gasteiger partial charge in [0.2, 0.25) is 0 Å². The molecule has 0 radical (unpaired) electrons. The number of piperazine rings is 1. The highest BCUT2D eigenvalue weighted by Crippen LogP contribution is 2.25. The highest BCUT2D eigenvalue weighted by Gasteiger charge is 2.28. The smallest absolute Gasteiger partial charge is 0.313 e. The van der Waals surface area contributed by atoms with Gasteiger partial charge >= 0.3 is 11.8 Å². The van der Waals surface area contributed by atoms with Crippen LogP contribution in [0.1, 0.15) is 17.4 Å². The molecular formula is C25H26ClFN4O3. The van der Waals surface area contributed by atoms with E-state index in [1.807, 2.05) is 13.0 Å². The highest BCUT2D eigenvalue weighted by molar-refractivity contribution is 6.40. The van der Waals surface area contributed by atoms with E-state index in [0.717, 1.165) is 24.3 Å². The molecule has 0 bridgehead atoms. The van der Waals surface area contributed by atoms with Gasteiger partial charge in [0.1, 0.15) is 11.6 Å². The Morgan fingerprint density at radius 2 is 1.79 bits per heavy atom. The van der Waals surface area contributed by atoms with Crippen molar-refractivity contribution in [3.8, 4) is 0 Å². The van der Waals surface area contributed by atoms with Gasteiger partial charge in [-0.1, -0.05) is 17.7 Å². The summed E-state index contributed by atoms with van der Waals surface area (Å²) in [7, 11) is 0. The number of carbonyl (C=O) groups is 2. The number of furan rings is 1. The number of aryl methyl sites for hydroxylation is 1. The summed E-state index contributed by atoms with van der Waals surface area (Å²) < 4.78 is 18.9. The van der Waals surface area contributed by atoms with Crippen LogP contribution in [0.3, 0.4) is 0 Å². The summed E-state index contributed by atoms with van der Waals surface area (Å²) in [6.07, 6.45) is 1.59. The molecule has 2 heterocycles. The minimum Gasteiger partial charge on any atom is -0.468 e. The van der Waals surface area contributed by atoms with Crippen LogP contribution in [0, 0.1) is 12.7 Å². The standard InChI is InChI=1S/C25H26ClFN4O3/c1-17-4-5-18(26)15-21(17)29-25(33)24(32)28-16-22(23-3-2-14-34-23)31-12-10-30(11-13-31)20-8-6-19(27)7-9-20/h2-9,14-15,22H,10-13,16H2,1H3,(H,28,32)(H,29,33). The first-order chi connectivity index (χ1) is 16.4. The van der Waals surface area contributed by atoms with E-state index in [4.69, 9.17) is 16.0 Å². The van der Waals surface area contributed by atoms with Gasteiger partial charge in [0.25, 0.3) is 0 Å². The van der Waals surface area contributed by atoms with Crippen molar-refractivity contribution in [1.29, 1.82) is 0 Å². The quantitative estimate of drug-likeness (QED) is 0.517. The number of benzene rings is 2. The van der Waals surface area contributed by atoms with Crippen LogP contribution in [-0.4, -0.2) is 49.4 Å². The number of hydrogen-bond acceptors (Lipinski definition) is 5. The van der Waals surface area contributed by atoms with Gasteiger partial charge < -0.3 is 20.0 Å². The van der Waals surface area contributed by atoms with Crippen molar-refractivity contribution >= 4 is 34.8 Å². The Bertz CT molecular complexity index is 1130. The van der Waals surface area contributed by atoms with Crippen LogP contribution >= 0.6 is 11.6 Å². The zero-order valence-corrected chi connectivity index (χ0v) is 19.5. The predicted molar refractivity (Wildman–Crippen MR) is 129 cm³/mol. The SMILES string of the molecule is Cc1ccc(Cl)cc1NC(=O)C(=O)NCC(c1ccco1)N1CCN(c2ccc(F)cc2)CC1. The van der Waals surface area contributed by atoms with Crippen molar-refractivity contribution in [3.05, 3.63) is 83.0 Å². The van der Waals surface area contributed by atoms with Gasteiger partial charge in [-0.3, -0.25) is 14.5 Å². The number of halogens is 2. The number of nitrogens with zero attached hydrogens (tertiary/aromatic N) is 2. The van der Waals surface area contributed by atoms with Crippen LogP contribution in [0.25, 0.3) is 0 Å². The second-order valence-electron chi connectivity index (χ2n) is 8.15. The fourth-order valence-electron chi connectivity index (χ4n) is 4.01. The van der Waals surface area contributed by atoms with E-state index in [0.29, 0.717) is 29.6 Å². The number of amides is 2. The average Bonchev–Trinajstić information content (AvgIpc) is 3.37. The zero-order valence-electron chi connectivity index (χ0n) is 18.8. The van der Waals surface area contributed by atoms with Crippen molar-refractivity contribution in [3.63, 3.8) is 0 Å². The number of nitrogens with one attached hydrogen (secondary N) is 2. The molecule has 1 aromatic heterocycles. The Kier molecular flexibility index (Phi) is 7.49. The van der Waals surface area contributed by atoms with Crippen molar-refractivity contribution in [2.45, 2.75) is 13.0 Å². The van der Waals surface area contributed by atoms with E-state index in [1.54, 1.807) is 42.7 Å². The molecule has 3 aromatic rings. The lowest BCUT2D eigenvalue weighted by Gasteiger charge is -2.39. The first-order valence-electron chi connectivity index (χ1n) is 11.0. The molecule has 2 amide bonds. The normalized spacial score (nSPS) is 15.1. The van der Waals surface area contributed by atoms with Crippen molar-refractivity contribution in [1.82, 2.24) is 10.2 Å². The second kappa shape index (κ2) is 10.7. The van der Waals surface area contributed by atoms with Gasteiger partial charge in [-0.2, -0.15) is 0 Å². The van der Waals surface area contributed by atoms with E-state index in [2.05, 4.69) is 20.4 Å². The van der Waals surface area contributed by atoms with E-state index in [1.165, 1.54) is 12.1 Å². The zero-order chi connectivity index (χ0) is 24.1. The fourth-order valence-corrected chi connectivity index (χ4v) is 4.18. The van der Waals surface area contributed by atoms with E-state index < -0.39 is 11.8 Å². The topological polar surface area (TPSA) is 77.8 Å². The monoisotopic (exact) mass is 484 g/mol. The third-order valence-electron chi connectivity index (χ3n) is 5.93. The van der Waals surface area contributed by atoms with Crippen LogP contribution in [0.4, 0.5) is 15.8 Å². The van der Waals surface area contributed by atoms with E-state index in [9.17, 15) is 14.0 Å². The molecule has 2 N–H and O–H groups in total. The highest BCUT2D eigenvalue weighted by atomic mass is 35.5. The number of hydrogen-bond donors (Lipinski definition) is 2. The maximum atomic E-state index is 13.2. The fraction of sp³-hybridized carbons (Fsp3) is 0.280. The van der Waals surface area contributed by atoms with Crippen molar-refractivity contribution < 1.29 is 18.4 Å². The molecule has 2 aromatic carbocycles. The molecule has 178 valence electrons. The van der Waals surface area contributed by atoms with Crippen LogP contribution in [0.5, 0.6) is 0 Å². The molecule has 1 saturated heterocycles. The second-order valence-corrected chi connectivity index (χ2v) is 8.59. The molecule has 1 fully saturated rings. The third kappa shape index (κ3) is 5.76. The number of rotatable bonds is 6. The van der Waals surface area contributed by atoms with Crippen LogP contribution in [0.2, 0.25) is 5.02 Å². The van der Waals surface area contributed by atoms with E-state index in [-0.39, 0.29) is 18.4 Å². The summed E-state index contributed by atoms with van der Waals surface area (Å²) in [4.78, 5) is 29.4. The first kappa shape index (κ1) is 23.8. The molecule has 0 spiro atoms. The van der Waals surface area contributed by atoms with Crippen molar-refractivity contribution in [2.75, 3.05) is 42.9 Å². The molecule has 1 aliphatic rings. The molecule has 9 heteroatoms. The molecule has 1 atom stereocenters. The predicted octanol–water partition coefficient (Wildman–Crippen LogP) is 4.00. The van der Waals surface area contributed by atoms with Gasteiger partial charge in [-0.05, 0) is 61.0 Å². The van der Waals surface area contributed by atoms with Crippen LogP contribution in [0.15, 0.2) is 65.3 Å². The summed E-state index contributed by atoms with van der Waals surface area (Å²) in [6, 6.07) is 15.0. The van der Waals surface area contributed by atoms with Crippen LogP contribution < -0.4 is 15.5 Å². The molecule has 34 heavy (non-hydrogen) atoms. The minimum absolute atomic E-state index is 0.213. The van der Waals surface area contributed by atoms with Gasteiger partial charge in [-0.15, -0.1) is 0 Å². The summed E-state index contributed by atoms with van der Waals surface area (Å²) in [6.45, 7) is 4.95. The van der Waals surface area contributed by atoms with Crippen LogP contribution in [-0.2, 0) is 9.59 Å². The molecule has 0 saturated carbocycles. The number of anilines is 2. The Hall–Kier alpha value is -3.36. The minimum atomic E-state index is -0.760. The molecule has 1 unspecified atom stereocenters. The van der Waals surface area contributed by atoms with Gasteiger partial charge in [0.15, 0.2) is 0 Å². The van der Waals surface area contributed by atoms with Crippen molar-refractivity contribution in [2.24, 2.45) is 0 Å². The molecule has 4 rings (SSSR count). The van der Waals surface area contributed by atoms with Gasteiger partial charge in [0, 0.05) is 49.1 Å². The Morgan fingerprint density at radius 1 is 1.06 bits per heavy atom. The summed E-state index contributed by atoms with van der Waals surface area (Å²) >= 11 is 5.99. The summed E-state index contributed by atoms with van der Waals surface area (Å²) in [5, 5.41) is 5.81. The van der Waals surface area contributed by atoms with Gasteiger partial charge in [-0.25, -0.2) is 4.39 Å². The Labute approximate surface area is 202 Å².